The summed E-state index contributed by atoms with van der Waals surface area (Å²) < 4.78 is 10.9. The van der Waals surface area contributed by atoms with Gasteiger partial charge in [0.2, 0.25) is 11.8 Å². The third-order valence-corrected chi connectivity index (χ3v) is 8.99. The lowest BCUT2D eigenvalue weighted by Crippen LogP contribution is -2.58. The number of ether oxygens (including phenoxy) is 2. The predicted molar refractivity (Wildman–Crippen MR) is 160 cm³/mol. The molecular formula is C32H46N4O8. The first-order valence-corrected chi connectivity index (χ1v) is 15.5. The van der Waals surface area contributed by atoms with Gasteiger partial charge in [0.25, 0.3) is 0 Å². The minimum Gasteiger partial charge on any atom is -0.481 e. The van der Waals surface area contributed by atoms with Crippen LogP contribution in [0.25, 0.3) is 0 Å². The van der Waals surface area contributed by atoms with Gasteiger partial charge in [-0.1, -0.05) is 49.6 Å². The van der Waals surface area contributed by atoms with E-state index in [0.717, 1.165) is 37.7 Å². The van der Waals surface area contributed by atoms with Crippen LogP contribution in [0.1, 0.15) is 71.8 Å². The molecule has 1 aromatic carbocycles. The Bertz CT molecular complexity index is 1210. The van der Waals surface area contributed by atoms with Crippen LogP contribution >= 0.6 is 0 Å². The van der Waals surface area contributed by atoms with Crippen molar-refractivity contribution >= 4 is 30.0 Å². The van der Waals surface area contributed by atoms with E-state index in [0.29, 0.717) is 6.42 Å². The molecule has 4 amide bonds. The van der Waals surface area contributed by atoms with Gasteiger partial charge in [-0.2, -0.15) is 0 Å². The van der Waals surface area contributed by atoms with Gasteiger partial charge in [0.05, 0.1) is 18.0 Å². The number of carbonyl (C=O) groups is 5. The molecule has 0 aromatic heterocycles. The van der Waals surface area contributed by atoms with E-state index in [1.165, 1.54) is 16.8 Å². The zero-order valence-corrected chi connectivity index (χ0v) is 26.4. The van der Waals surface area contributed by atoms with Crippen molar-refractivity contribution in [3.8, 4) is 0 Å². The van der Waals surface area contributed by atoms with E-state index >= 15 is 0 Å². The maximum Gasteiger partial charge on any atom is 0.410 e. The number of amides is 4. The number of fused-ring (bicyclic) bond motifs is 1. The number of carboxylic acid groups (broad SMARTS) is 1. The van der Waals surface area contributed by atoms with Gasteiger partial charge in [-0.05, 0) is 58.4 Å². The van der Waals surface area contributed by atoms with Gasteiger partial charge in [-0.3, -0.25) is 19.3 Å². The monoisotopic (exact) mass is 614 g/mol. The van der Waals surface area contributed by atoms with Crippen LogP contribution in [-0.2, 0) is 30.5 Å². The van der Waals surface area contributed by atoms with Crippen LogP contribution in [0.2, 0.25) is 0 Å². The molecule has 3 fully saturated rings. The lowest BCUT2D eigenvalue weighted by Gasteiger charge is -2.36. The molecule has 12 heteroatoms. The number of hydrogen-bond acceptors (Lipinski definition) is 7. The summed E-state index contributed by atoms with van der Waals surface area (Å²) >= 11 is 0. The fraction of sp³-hybridized carbons (Fsp3) is 0.656. The van der Waals surface area contributed by atoms with Crippen molar-refractivity contribution in [2.45, 2.75) is 103 Å². The van der Waals surface area contributed by atoms with E-state index in [1.54, 1.807) is 32.6 Å². The summed E-state index contributed by atoms with van der Waals surface area (Å²) in [4.78, 5) is 70.1. The van der Waals surface area contributed by atoms with E-state index in [1.807, 2.05) is 30.3 Å². The number of likely N-dealkylation sites (N-methyl/N-ethyl adjacent to an activating group) is 1. The van der Waals surface area contributed by atoms with Gasteiger partial charge in [-0.15, -0.1) is 0 Å². The second kappa shape index (κ2) is 13.9. The van der Waals surface area contributed by atoms with E-state index in [2.05, 4.69) is 5.32 Å². The second-order valence-electron chi connectivity index (χ2n) is 13.2. The highest BCUT2D eigenvalue weighted by Gasteiger charge is 2.56. The predicted octanol–water partition coefficient (Wildman–Crippen LogP) is 3.63. The molecule has 0 bridgehead atoms. The van der Waals surface area contributed by atoms with Gasteiger partial charge in [-0.25, -0.2) is 9.59 Å². The number of hydrogen-bond donors (Lipinski definition) is 2. The largest absolute Gasteiger partial charge is 0.481 e. The summed E-state index contributed by atoms with van der Waals surface area (Å²) in [7, 11) is 1.47. The van der Waals surface area contributed by atoms with Crippen LogP contribution in [0.15, 0.2) is 30.3 Å². The van der Waals surface area contributed by atoms with Crippen molar-refractivity contribution in [3.05, 3.63) is 35.9 Å². The molecule has 0 radical (unpaired) electrons. The Morgan fingerprint density at radius 2 is 1.68 bits per heavy atom. The van der Waals surface area contributed by atoms with Crippen molar-refractivity contribution in [1.82, 2.24) is 20.0 Å². The number of carbonyl (C=O) groups excluding carboxylic acids is 4. The number of nitrogens with one attached hydrogen (secondary N) is 1. The standard InChI is InChI=1S/C32H46N4O8/c1-20(34(5)30(41)44-32(2,3)4)27(37)33-25(22-14-10-7-11-15-22)28(38)35-17-16-24-26(35)23(29(39)40)18-36(24)31(42)43-19-21-12-8-6-9-13-21/h6,8-9,12-13,20,22-26H,7,10-11,14-19H2,1-5H3,(H,33,37)(H,39,40)/t20-,23?,24+,25-,26+/m0/s1. The van der Waals surface area contributed by atoms with E-state index in [9.17, 15) is 29.1 Å². The Morgan fingerprint density at radius 3 is 2.30 bits per heavy atom. The molecule has 242 valence electrons. The SMILES string of the molecule is C[C@@H](C(=O)N[C@H](C(=O)N1CC[C@@H]2[C@H]1C(C(=O)O)CN2C(=O)OCc1ccccc1)C1CCCCC1)N(C)C(=O)OC(C)(C)C. The summed E-state index contributed by atoms with van der Waals surface area (Å²) in [6, 6.07) is 6.16. The van der Waals surface area contributed by atoms with Crippen molar-refractivity contribution < 1.29 is 38.6 Å². The van der Waals surface area contributed by atoms with Crippen LogP contribution in [-0.4, -0.2) is 99.7 Å². The Kier molecular flexibility index (Phi) is 10.4. The summed E-state index contributed by atoms with van der Waals surface area (Å²) in [5.74, 6) is -3.06. The Balaban J connectivity index is 1.50. The molecule has 2 saturated heterocycles. The first-order valence-electron chi connectivity index (χ1n) is 15.5. The zero-order valence-electron chi connectivity index (χ0n) is 26.4. The minimum absolute atomic E-state index is 0.0552. The normalized spacial score (nSPS) is 23.3. The van der Waals surface area contributed by atoms with E-state index in [4.69, 9.17) is 9.47 Å². The highest BCUT2D eigenvalue weighted by molar-refractivity contribution is 5.92. The van der Waals surface area contributed by atoms with Gasteiger partial charge >= 0.3 is 18.2 Å². The second-order valence-corrected chi connectivity index (χ2v) is 13.2. The highest BCUT2D eigenvalue weighted by atomic mass is 16.6. The number of carboxylic acids is 1. The summed E-state index contributed by atoms with van der Waals surface area (Å²) in [5.41, 5.74) is 0.0744. The Labute approximate surface area is 259 Å². The molecule has 2 N–H and O–H groups in total. The van der Waals surface area contributed by atoms with Crippen LogP contribution in [0, 0.1) is 11.8 Å². The van der Waals surface area contributed by atoms with Crippen molar-refractivity contribution in [3.63, 3.8) is 0 Å². The molecular weight excluding hydrogens is 568 g/mol. The molecule has 12 nitrogen and oxygen atoms in total. The lowest BCUT2D eigenvalue weighted by atomic mass is 9.83. The topological polar surface area (TPSA) is 146 Å². The van der Waals surface area contributed by atoms with Crippen LogP contribution in [0.4, 0.5) is 9.59 Å². The maximum absolute atomic E-state index is 14.3. The van der Waals surface area contributed by atoms with Crippen LogP contribution < -0.4 is 5.32 Å². The average molecular weight is 615 g/mol. The third kappa shape index (κ3) is 7.62. The van der Waals surface area contributed by atoms with Gasteiger partial charge in [0.15, 0.2) is 0 Å². The smallest absolute Gasteiger partial charge is 0.410 e. The first-order chi connectivity index (χ1) is 20.8. The van der Waals surface area contributed by atoms with Crippen LogP contribution in [0.5, 0.6) is 0 Å². The number of aliphatic carboxylic acids is 1. The molecule has 1 saturated carbocycles. The fourth-order valence-electron chi connectivity index (χ4n) is 6.54. The number of likely N-dealkylation sites (tertiary alicyclic amines) is 2. The third-order valence-electron chi connectivity index (χ3n) is 8.99. The molecule has 1 unspecified atom stereocenters. The molecule has 1 aliphatic carbocycles. The van der Waals surface area contributed by atoms with E-state index in [-0.39, 0.29) is 31.5 Å². The molecule has 0 spiro atoms. The van der Waals surface area contributed by atoms with Gasteiger partial charge in [0, 0.05) is 20.1 Å². The van der Waals surface area contributed by atoms with E-state index < -0.39 is 59.7 Å². The number of rotatable bonds is 8. The summed E-state index contributed by atoms with van der Waals surface area (Å²) in [5, 5.41) is 13.1. The van der Waals surface area contributed by atoms with Gasteiger partial charge in [0.1, 0.15) is 24.3 Å². The van der Waals surface area contributed by atoms with Gasteiger partial charge < -0.3 is 29.7 Å². The molecule has 44 heavy (non-hydrogen) atoms. The first kappa shape index (κ1) is 33.1. The molecule has 2 aliphatic heterocycles. The van der Waals surface area contributed by atoms with Crippen LogP contribution in [0.3, 0.4) is 0 Å². The summed E-state index contributed by atoms with van der Waals surface area (Å²) in [6.45, 7) is 7.03. The zero-order chi connectivity index (χ0) is 32.2. The highest BCUT2D eigenvalue weighted by Crippen LogP contribution is 2.38. The fourth-order valence-corrected chi connectivity index (χ4v) is 6.54. The maximum atomic E-state index is 14.3. The Morgan fingerprint density at radius 1 is 1.02 bits per heavy atom. The molecule has 2 heterocycles. The van der Waals surface area contributed by atoms with Crippen molar-refractivity contribution in [2.75, 3.05) is 20.1 Å². The number of nitrogens with zero attached hydrogens (tertiary/aromatic N) is 3. The van der Waals surface area contributed by atoms with Crippen molar-refractivity contribution in [2.24, 2.45) is 11.8 Å². The molecule has 4 rings (SSSR count). The quantitative estimate of drug-likeness (QED) is 0.452. The molecule has 5 atom stereocenters. The molecule has 3 aliphatic rings. The van der Waals surface area contributed by atoms with Crippen molar-refractivity contribution in [1.29, 1.82) is 0 Å². The lowest BCUT2D eigenvalue weighted by molar-refractivity contribution is -0.146. The number of benzene rings is 1. The molecule has 1 aromatic rings. The Hall–Kier alpha value is -3.83. The minimum atomic E-state index is -1.09. The average Bonchev–Trinajstić information content (AvgIpc) is 3.58. The summed E-state index contributed by atoms with van der Waals surface area (Å²) in [6.07, 6.45) is 3.51.